The largest absolute Gasteiger partial charge is 0.303 e. The van der Waals surface area contributed by atoms with Crippen LogP contribution in [0.3, 0.4) is 0 Å². The summed E-state index contributed by atoms with van der Waals surface area (Å²) in [5.41, 5.74) is 4.47. The van der Waals surface area contributed by atoms with Crippen molar-refractivity contribution in [1.82, 2.24) is 4.90 Å². The maximum Gasteiger partial charge on any atom is 0.156 e. The summed E-state index contributed by atoms with van der Waals surface area (Å²) in [5.74, 6) is 0.212. The zero-order valence-electron chi connectivity index (χ0n) is 17.7. The topological polar surface area (TPSA) is 37.4 Å². The molecule has 0 radical (unpaired) electrons. The smallest absolute Gasteiger partial charge is 0.156 e. The minimum Gasteiger partial charge on any atom is -0.303 e. The Bertz CT molecular complexity index is 774. The summed E-state index contributed by atoms with van der Waals surface area (Å²) in [5, 5.41) is 0. The molecule has 0 spiro atoms. The van der Waals surface area contributed by atoms with Gasteiger partial charge >= 0.3 is 0 Å². The number of carbonyl (C=O) groups excluding carboxylic acids is 2. The molecular weight excluding hydrogens is 358 g/mol. The van der Waals surface area contributed by atoms with E-state index in [1.807, 2.05) is 74.5 Å². The molecule has 152 valence electrons. The average molecular weight is 390 g/mol. The van der Waals surface area contributed by atoms with Crippen molar-refractivity contribution in [3.63, 3.8) is 0 Å². The van der Waals surface area contributed by atoms with Gasteiger partial charge in [-0.3, -0.25) is 9.59 Å². The van der Waals surface area contributed by atoms with Crippen molar-refractivity contribution in [1.29, 1.82) is 0 Å². The van der Waals surface area contributed by atoms with Crippen molar-refractivity contribution in [2.45, 2.75) is 33.6 Å². The number of carbonyl (C=O) groups is 2. The number of hydrogen-bond acceptors (Lipinski definition) is 3. The number of hydrogen-bond donors (Lipinski definition) is 0. The van der Waals surface area contributed by atoms with Crippen LogP contribution in [0.25, 0.3) is 12.2 Å². The highest BCUT2D eigenvalue weighted by Gasteiger charge is 2.07. The fourth-order valence-corrected chi connectivity index (χ4v) is 2.86. The molecular formula is C26H31NO2. The van der Waals surface area contributed by atoms with Crippen molar-refractivity contribution in [2.24, 2.45) is 0 Å². The summed E-state index contributed by atoms with van der Waals surface area (Å²) >= 11 is 0. The summed E-state index contributed by atoms with van der Waals surface area (Å²) in [6.07, 6.45) is 7.93. The minimum absolute atomic E-state index is 0.106. The molecule has 0 unspecified atom stereocenters. The van der Waals surface area contributed by atoms with Crippen LogP contribution in [0.4, 0.5) is 0 Å². The molecule has 0 amide bonds. The van der Waals surface area contributed by atoms with Gasteiger partial charge in [-0.15, -0.1) is 0 Å². The standard InChI is InChI=1S/C26H31NO2/c1-4-27(19-17-25(28)15-13-23-9-5-21(2)6-10-23)20-18-26(29)16-14-24-11-7-22(3)8-12-24/h5-16H,4,17-20H2,1-3H3. The van der Waals surface area contributed by atoms with Gasteiger partial charge in [0, 0.05) is 25.9 Å². The van der Waals surface area contributed by atoms with E-state index in [9.17, 15) is 9.59 Å². The van der Waals surface area contributed by atoms with Crippen molar-refractivity contribution >= 4 is 23.7 Å². The Labute approximate surface area is 174 Å². The Balaban J connectivity index is 1.73. The molecule has 0 aliphatic heterocycles. The molecule has 0 saturated carbocycles. The lowest BCUT2D eigenvalue weighted by Gasteiger charge is -2.18. The molecule has 0 N–H and O–H groups in total. The Kier molecular flexibility index (Phi) is 9.26. The molecule has 0 heterocycles. The van der Waals surface area contributed by atoms with Gasteiger partial charge in [0.25, 0.3) is 0 Å². The minimum atomic E-state index is 0.106. The molecule has 0 aliphatic rings. The normalized spacial score (nSPS) is 11.6. The molecule has 2 aromatic rings. The highest BCUT2D eigenvalue weighted by atomic mass is 16.1. The number of rotatable bonds is 11. The Morgan fingerprint density at radius 2 is 1.10 bits per heavy atom. The maximum absolute atomic E-state index is 12.1. The third-order valence-electron chi connectivity index (χ3n) is 4.87. The second-order valence-corrected chi connectivity index (χ2v) is 7.35. The predicted octanol–water partition coefficient (Wildman–Crippen LogP) is 5.27. The fraction of sp³-hybridized carbons (Fsp3) is 0.308. The summed E-state index contributed by atoms with van der Waals surface area (Å²) in [6, 6.07) is 16.2. The van der Waals surface area contributed by atoms with E-state index in [4.69, 9.17) is 0 Å². The lowest BCUT2D eigenvalue weighted by Crippen LogP contribution is -2.28. The van der Waals surface area contributed by atoms with Gasteiger partial charge in [0.1, 0.15) is 0 Å². The molecule has 0 bridgehead atoms. The van der Waals surface area contributed by atoms with E-state index in [0.717, 1.165) is 17.7 Å². The molecule has 3 nitrogen and oxygen atoms in total. The molecule has 0 aromatic heterocycles. The summed E-state index contributed by atoms with van der Waals surface area (Å²) in [7, 11) is 0. The van der Waals surface area contributed by atoms with E-state index in [1.54, 1.807) is 12.2 Å². The number of nitrogens with zero attached hydrogens (tertiary/aromatic N) is 1. The van der Waals surface area contributed by atoms with Crippen molar-refractivity contribution in [3.8, 4) is 0 Å². The van der Waals surface area contributed by atoms with Gasteiger partial charge in [-0.1, -0.05) is 78.7 Å². The van der Waals surface area contributed by atoms with E-state index in [2.05, 4.69) is 11.8 Å². The third kappa shape index (κ3) is 8.84. The van der Waals surface area contributed by atoms with Crippen LogP contribution in [-0.4, -0.2) is 36.1 Å². The number of aryl methyl sites for hydroxylation is 2. The second kappa shape index (κ2) is 11.9. The van der Waals surface area contributed by atoms with Crippen LogP contribution in [-0.2, 0) is 9.59 Å². The zero-order valence-corrected chi connectivity index (χ0v) is 17.7. The molecule has 0 saturated heterocycles. The first kappa shape index (κ1) is 22.5. The first-order chi connectivity index (χ1) is 14.0. The van der Waals surface area contributed by atoms with E-state index >= 15 is 0 Å². The van der Waals surface area contributed by atoms with Gasteiger partial charge in [0.15, 0.2) is 11.6 Å². The fourth-order valence-electron chi connectivity index (χ4n) is 2.86. The van der Waals surface area contributed by atoms with Crippen LogP contribution >= 0.6 is 0 Å². The van der Waals surface area contributed by atoms with Gasteiger partial charge in [-0.05, 0) is 43.7 Å². The SMILES string of the molecule is CCN(CCC(=O)C=Cc1ccc(C)cc1)CCC(=O)C=Cc1ccc(C)cc1. The van der Waals surface area contributed by atoms with Gasteiger partial charge < -0.3 is 4.90 Å². The number of benzene rings is 2. The van der Waals surface area contributed by atoms with Gasteiger partial charge in [-0.25, -0.2) is 0 Å². The molecule has 0 atom stereocenters. The highest BCUT2D eigenvalue weighted by molar-refractivity contribution is 5.94. The quantitative estimate of drug-likeness (QED) is 0.491. The number of allylic oxidation sites excluding steroid dienone is 2. The van der Waals surface area contributed by atoms with Crippen LogP contribution in [0.1, 0.15) is 42.0 Å². The lowest BCUT2D eigenvalue weighted by atomic mass is 10.1. The Morgan fingerprint density at radius 1 is 0.724 bits per heavy atom. The van der Waals surface area contributed by atoms with Crippen LogP contribution < -0.4 is 0 Å². The molecule has 2 aromatic carbocycles. The third-order valence-corrected chi connectivity index (χ3v) is 4.87. The summed E-state index contributed by atoms with van der Waals surface area (Å²) < 4.78 is 0. The Hall–Kier alpha value is -2.78. The monoisotopic (exact) mass is 389 g/mol. The van der Waals surface area contributed by atoms with Crippen LogP contribution in [0.5, 0.6) is 0 Å². The Morgan fingerprint density at radius 3 is 1.45 bits per heavy atom. The average Bonchev–Trinajstić information content (AvgIpc) is 2.73. The predicted molar refractivity (Wildman–Crippen MR) is 122 cm³/mol. The van der Waals surface area contributed by atoms with E-state index in [-0.39, 0.29) is 11.6 Å². The van der Waals surface area contributed by atoms with Gasteiger partial charge in [0.05, 0.1) is 0 Å². The van der Waals surface area contributed by atoms with Crippen molar-refractivity contribution in [3.05, 3.63) is 82.9 Å². The van der Waals surface area contributed by atoms with Gasteiger partial charge in [-0.2, -0.15) is 0 Å². The van der Waals surface area contributed by atoms with Crippen molar-refractivity contribution in [2.75, 3.05) is 19.6 Å². The first-order valence-electron chi connectivity index (χ1n) is 10.2. The molecule has 0 fully saturated rings. The lowest BCUT2D eigenvalue weighted by molar-refractivity contribution is -0.114. The number of ketones is 2. The molecule has 2 rings (SSSR count). The van der Waals surface area contributed by atoms with Crippen LogP contribution in [0, 0.1) is 13.8 Å². The van der Waals surface area contributed by atoms with E-state index < -0.39 is 0 Å². The van der Waals surface area contributed by atoms with Crippen LogP contribution in [0.15, 0.2) is 60.7 Å². The highest BCUT2D eigenvalue weighted by Crippen LogP contribution is 2.07. The maximum atomic E-state index is 12.1. The summed E-state index contributed by atoms with van der Waals surface area (Å²) in [6.45, 7) is 8.30. The molecule has 0 aliphatic carbocycles. The van der Waals surface area contributed by atoms with E-state index in [1.165, 1.54) is 11.1 Å². The zero-order chi connectivity index (χ0) is 21.1. The van der Waals surface area contributed by atoms with Gasteiger partial charge in [0.2, 0.25) is 0 Å². The second-order valence-electron chi connectivity index (χ2n) is 7.35. The van der Waals surface area contributed by atoms with Crippen LogP contribution in [0.2, 0.25) is 0 Å². The van der Waals surface area contributed by atoms with E-state index in [0.29, 0.717) is 25.9 Å². The first-order valence-corrected chi connectivity index (χ1v) is 10.2. The molecule has 3 heteroatoms. The molecule has 29 heavy (non-hydrogen) atoms. The summed E-state index contributed by atoms with van der Waals surface area (Å²) in [4.78, 5) is 26.4. The van der Waals surface area contributed by atoms with Crippen molar-refractivity contribution < 1.29 is 9.59 Å².